The Hall–Kier alpha value is -1.92. The summed E-state index contributed by atoms with van der Waals surface area (Å²) in [6.07, 6.45) is 0. The van der Waals surface area contributed by atoms with Crippen molar-refractivity contribution in [3.63, 3.8) is 0 Å². The summed E-state index contributed by atoms with van der Waals surface area (Å²) in [4.78, 5) is 14.0. The molecule has 0 aliphatic heterocycles. The fourth-order valence-electron chi connectivity index (χ4n) is 2.09. The molecule has 1 aromatic carbocycles. The highest BCUT2D eigenvalue weighted by atomic mass is 32.2. The fourth-order valence-corrected chi connectivity index (χ4v) is 2.84. The number of benzene rings is 1. The van der Waals surface area contributed by atoms with Gasteiger partial charge in [0.25, 0.3) is 5.91 Å². The van der Waals surface area contributed by atoms with E-state index in [1.165, 1.54) is 0 Å². The van der Waals surface area contributed by atoms with Crippen molar-refractivity contribution in [2.75, 3.05) is 32.1 Å². The molecule has 0 atom stereocenters. The van der Waals surface area contributed by atoms with Crippen LogP contribution in [0.15, 0.2) is 40.8 Å². The average Bonchev–Trinajstić information content (AvgIpc) is 2.93. The summed E-state index contributed by atoms with van der Waals surface area (Å²) in [5.41, 5.74) is 6.86. The molecule has 1 amide bonds. The third-order valence-electron chi connectivity index (χ3n) is 3.11. The van der Waals surface area contributed by atoms with Gasteiger partial charge in [-0.1, -0.05) is 6.07 Å². The maximum Gasteiger partial charge on any atom is 0.251 e. The van der Waals surface area contributed by atoms with E-state index in [0.717, 1.165) is 29.6 Å². The van der Waals surface area contributed by atoms with E-state index in [9.17, 15) is 4.79 Å². The van der Waals surface area contributed by atoms with Crippen LogP contribution in [-0.4, -0.2) is 37.2 Å². The second-order valence-corrected chi connectivity index (χ2v) is 6.64. The Morgan fingerprint density at radius 1 is 1.26 bits per heavy atom. The molecule has 2 rings (SSSR count). The van der Waals surface area contributed by atoms with Gasteiger partial charge in [0.15, 0.2) is 0 Å². The lowest BCUT2D eigenvalue weighted by Crippen LogP contribution is -2.25. The van der Waals surface area contributed by atoms with E-state index >= 15 is 0 Å². The first-order chi connectivity index (χ1) is 11.0. The summed E-state index contributed by atoms with van der Waals surface area (Å²) in [6.45, 7) is 1.42. The minimum Gasteiger partial charge on any atom is -0.464 e. The Morgan fingerprint density at radius 2 is 2.04 bits per heavy atom. The summed E-state index contributed by atoms with van der Waals surface area (Å²) in [6, 6.07) is 11.0. The fraction of sp³-hybridized carbons (Fsp3) is 0.353. The molecule has 5 nitrogen and oxygen atoms in total. The van der Waals surface area contributed by atoms with Gasteiger partial charge in [0.05, 0.1) is 12.3 Å². The number of rotatable bonds is 8. The number of nitrogens with zero attached hydrogens (tertiary/aromatic N) is 1. The predicted octanol–water partition coefficient (Wildman–Crippen LogP) is 2.59. The molecule has 0 radical (unpaired) electrons. The number of amides is 1. The minimum atomic E-state index is -0.0934. The van der Waals surface area contributed by atoms with Gasteiger partial charge in [-0.2, -0.15) is 11.8 Å². The molecule has 0 saturated heterocycles. The standard InChI is InChI=1S/C17H23N3O2S/c1-20(2)11-15-6-7-16(22-15)12-23-9-8-19-17(21)13-4-3-5-14(18)10-13/h3-7,10H,8-9,11-12,18H2,1-2H3,(H,19,21). The largest absolute Gasteiger partial charge is 0.464 e. The van der Waals surface area contributed by atoms with Crippen LogP contribution in [-0.2, 0) is 12.3 Å². The van der Waals surface area contributed by atoms with E-state index < -0.39 is 0 Å². The molecule has 0 spiro atoms. The molecule has 124 valence electrons. The Labute approximate surface area is 141 Å². The molecule has 0 bridgehead atoms. The van der Waals surface area contributed by atoms with E-state index in [1.807, 2.05) is 26.2 Å². The number of hydrogen-bond donors (Lipinski definition) is 2. The molecule has 6 heteroatoms. The van der Waals surface area contributed by atoms with Crippen molar-refractivity contribution in [2.45, 2.75) is 12.3 Å². The first kappa shape index (κ1) is 17.4. The van der Waals surface area contributed by atoms with Crippen molar-refractivity contribution in [2.24, 2.45) is 0 Å². The van der Waals surface area contributed by atoms with E-state index in [2.05, 4.69) is 10.2 Å². The third-order valence-corrected chi connectivity index (χ3v) is 4.10. The van der Waals surface area contributed by atoms with Gasteiger partial charge in [-0.15, -0.1) is 0 Å². The van der Waals surface area contributed by atoms with Crippen LogP contribution in [0.25, 0.3) is 0 Å². The Balaban J connectivity index is 1.66. The molecule has 2 aromatic rings. The number of anilines is 1. The van der Waals surface area contributed by atoms with Crippen LogP contribution >= 0.6 is 11.8 Å². The molecule has 0 aliphatic carbocycles. The molecule has 1 heterocycles. The topological polar surface area (TPSA) is 71.5 Å². The number of carbonyl (C=O) groups is 1. The lowest BCUT2D eigenvalue weighted by molar-refractivity contribution is 0.0956. The molecule has 23 heavy (non-hydrogen) atoms. The van der Waals surface area contributed by atoms with E-state index in [-0.39, 0.29) is 5.91 Å². The van der Waals surface area contributed by atoms with Crippen LogP contribution in [0.3, 0.4) is 0 Å². The van der Waals surface area contributed by atoms with Crippen molar-refractivity contribution >= 4 is 23.4 Å². The molecule has 3 N–H and O–H groups in total. The second-order valence-electron chi connectivity index (χ2n) is 5.54. The molecule has 0 saturated carbocycles. The molecule has 0 fully saturated rings. The van der Waals surface area contributed by atoms with Crippen LogP contribution in [0.4, 0.5) is 5.69 Å². The zero-order valence-electron chi connectivity index (χ0n) is 13.5. The van der Waals surface area contributed by atoms with E-state index in [4.69, 9.17) is 10.2 Å². The van der Waals surface area contributed by atoms with Crippen molar-refractivity contribution in [1.29, 1.82) is 0 Å². The highest BCUT2D eigenvalue weighted by molar-refractivity contribution is 7.98. The summed E-state index contributed by atoms with van der Waals surface area (Å²) in [7, 11) is 4.03. The van der Waals surface area contributed by atoms with Crippen LogP contribution < -0.4 is 11.1 Å². The maximum atomic E-state index is 11.9. The number of carbonyl (C=O) groups excluding carboxylic acids is 1. The monoisotopic (exact) mass is 333 g/mol. The van der Waals surface area contributed by atoms with Gasteiger partial charge in [0.1, 0.15) is 11.5 Å². The highest BCUT2D eigenvalue weighted by Gasteiger charge is 2.06. The van der Waals surface area contributed by atoms with Gasteiger partial charge >= 0.3 is 0 Å². The first-order valence-electron chi connectivity index (χ1n) is 7.48. The molecule has 0 aliphatic rings. The smallest absolute Gasteiger partial charge is 0.251 e. The lowest BCUT2D eigenvalue weighted by Gasteiger charge is -2.06. The first-order valence-corrected chi connectivity index (χ1v) is 8.64. The van der Waals surface area contributed by atoms with Crippen LogP contribution in [0.5, 0.6) is 0 Å². The zero-order valence-corrected chi connectivity index (χ0v) is 14.4. The van der Waals surface area contributed by atoms with Gasteiger partial charge in [-0.05, 0) is 44.4 Å². The van der Waals surface area contributed by atoms with E-state index in [1.54, 1.807) is 36.0 Å². The average molecular weight is 333 g/mol. The summed E-state index contributed by atoms with van der Waals surface area (Å²) in [5.74, 6) is 3.48. The Kier molecular flexibility index (Phi) is 6.55. The van der Waals surface area contributed by atoms with Crippen LogP contribution in [0.2, 0.25) is 0 Å². The predicted molar refractivity (Wildman–Crippen MR) is 95.4 cm³/mol. The van der Waals surface area contributed by atoms with E-state index in [0.29, 0.717) is 17.8 Å². The van der Waals surface area contributed by atoms with Crippen molar-refractivity contribution < 1.29 is 9.21 Å². The van der Waals surface area contributed by atoms with Crippen molar-refractivity contribution in [3.05, 3.63) is 53.5 Å². The van der Waals surface area contributed by atoms with Gasteiger partial charge in [0, 0.05) is 23.5 Å². The van der Waals surface area contributed by atoms with Crippen LogP contribution in [0.1, 0.15) is 21.9 Å². The normalized spacial score (nSPS) is 10.9. The number of nitrogen functional groups attached to an aromatic ring is 1. The molecule has 1 aromatic heterocycles. The van der Waals surface area contributed by atoms with Crippen molar-refractivity contribution in [3.8, 4) is 0 Å². The van der Waals surface area contributed by atoms with Crippen molar-refractivity contribution in [1.82, 2.24) is 10.2 Å². The lowest BCUT2D eigenvalue weighted by atomic mass is 10.2. The summed E-state index contributed by atoms with van der Waals surface area (Å²) in [5, 5.41) is 2.89. The number of furan rings is 1. The van der Waals surface area contributed by atoms with Gasteiger partial charge in [0.2, 0.25) is 0 Å². The molecule has 0 unspecified atom stereocenters. The van der Waals surface area contributed by atoms with Gasteiger partial charge in [-0.3, -0.25) is 4.79 Å². The van der Waals surface area contributed by atoms with Crippen LogP contribution in [0, 0.1) is 0 Å². The summed E-state index contributed by atoms with van der Waals surface area (Å²) < 4.78 is 5.74. The van der Waals surface area contributed by atoms with Gasteiger partial charge < -0.3 is 20.4 Å². The van der Waals surface area contributed by atoms with Gasteiger partial charge in [-0.25, -0.2) is 0 Å². The highest BCUT2D eigenvalue weighted by Crippen LogP contribution is 2.16. The molecular formula is C17H23N3O2S. The SMILES string of the molecule is CN(C)Cc1ccc(CSCCNC(=O)c2cccc(N)c2)o1. The number of hydrogen-bond acceptors (Lipinski definition) is 5. The molecular weight excluding hydrogens is 310 g/mol. The maximum absolute atomic E-state index is 11.9. The number of nitrogens with two attached hydrogens (primary N) is 1. The quantitative estimate of drug-likeness (QED) is 0.574. The number of thioether (sulfide) groups is 1. The third kappa shape index (κ3) is 6.00. The number of nitrogens with one attached hydrogen (secondary N) is 1. The second kappa shape index (κ2) is 8.64. The Morgan fingerprint density at radius 3 is 2.78 bits per heavy atom. The Bertz CT molecular complexity index is 640. The zero-order chi connectivity index (χ0) is 16.7. The summed E-state index contributed by atoms with van der Waals surface area (Å²) >= 11 is 1.73. The minimum absolute atomic E-state index is 0.0934.